The Hall–Kier alpha value is 0.492. The molecule has 1 radical (unpaired) electrons. The Bertz CT molecular complexity index is 46.5. The Balaban J connectivity index is 3.15. The second kappa shape index (κ2) is 2.72. The summed E-state index contributed by atoms with van der Waals surface area (Å²) in [5, 5.41) is 0. The van der Waals surface area contributed by atoms with Gasteiger partial charge in [-0.1, -0.05) is 5.79 Å². The second-order valence-electron chi connectivity index (χ2n) is 2.47. The van der Waals surface area contributed by atoms with E-state index in [1.165, 1.54) is 0 Å². The predicted octanol–water partition coefficient (Wildman–Crippen LogP) is 1.47. The molecule has 1 nitrogen and oxygen atoms in total. The van der Waals surface area contributed by atoms with Gasteiger partial charge >= 0.3 is 15.6 Å². The van der Waals surface area contributed by atoms with Crippen molar-refractivity contribution in [2.45, 2.75) is 32.2 Å². The first-order chi connectivity index (χ1) is 3.06. The van der Waals surface area contributed by atoms with E-state index in [1.807, 2.05) is 0 Å². The fourth-order valence-corrected chi connectivity index (χ4v) is 1.06. The van der Waals surface area contributed by atoms with Crippen LogP contribution in [0.1, 0.15) is 20.8 Å². The molecule has 0 saturated carbocycles. The molecule has 0 atom stereocenters. The van der Waals surface area contributed by atoms with Crippen molar-refractivity contribution in [1.29, 1.82) is 0 Å². The van der Waals surface area contributed by atoms with Crippen LogP contribution in [0.15, 0.2) is 0 Å². The van der Waals surface area contributed by atoms with Gasteiger partial charge in [-0.2, -0.15) is 0 Å². The molecule has 0 heterocycles. The van der Waals surface area contributed by atoms with Crippen molar-refractivity contribution >= 4 is 15.6 Å². The number of rotatable bonds is 1. The third-order valence-electron chi connectivity index (χ3n) is 0.471. The Labute approximate surface area is 52.1 Å². The molecule has 0 rings (SSSR count). The molecule has 2 heteroatoms. The second-order valence-corrected chi connectivity index (χ2v) is 3.17. The van der Waals surface area contributed by atoms with Crippen LogP contribution in [0.3, 0.4) is 0 Å². The summed E-state index contributed by atoms with van der Waals surface area (Å²) in [6, 6.07) is 0. The van der Waals surface area contributed by atoms with E-state index >= 15 is 0 Å². The third-order valence-corrected chi connectivity index (χ3v) is 1.41. The van der Waals surface area contributed by atoms with Crippen LogP contribution in [0.2, 0.25) is 5.79 Å². The van der Waals surface area contributed by atoms with E-state index < -0.39 is 0 Å². The average Bonchev–Trinajstić information content (AvgIpc) is 1.30. The van der Waals surface area contributed by atoms with Crippen LogP contribution in [0.5, 0.6) is 0 Å². The highest BCUT2D eigenvalue weighted by Gasteiger charge is 2.06. The van der Waals surface area contributed by atoms with E-state index in [9.17, 15) is 0 Å². The molecule has 0 bridgehead atoms. The Morgan fingerprint density at radius 2 is 1.71 bits per heavy atom. The summed E-state index contributed by atoms with van der Waals surface area (Å²) in [6.45, 7) is 6.22. The minimum absolute atomic E-state index is 0.0874. The van der Waals surface area contributed by atoms with Crippen molar-refractivity contribution in [3.63, 3.8) is 0 Å². The van der Waals surface area contributed by atoms with Crippen LogP contribution in [-0.4, -0.2) is 21.2 Å². The topological polar surface area (TPSA) is 9.23 Å². The van der Waals surface area contributed by atoms with Crippen molar-refractivity contribution < 1.29 is 3.79 Å². The maximum absolute atomic E-state index is 5.31. The molecule has 0 fully saturated rings. The van der Waals surface area contributed by atoms with Crippen LogP contribution >= 0.6 is 0 Å². The number of hydrogen-bond donors (Lipinski definition) is 0. The van der Waals surface area contributed by atoms with Crippen molar-refractivity contribution in [3.8, 4) is 0 Å². The van der Waals surface area contributed by atoms with Crippen molar-refractivity contribution in [2.75, 3.05) is 0 Å². The molecule has 0 aromatic carbocycles. The average molecular weight is 115 g/mol. The van der Waals surface area contributed by atoms with Gasteiger partial charge in [0.05, 0.1) is 0 Å². The van der Waals surface area contributed by atoms with Crippen LogP contribution in [-0.2, 0) is 3.79 Å². The number of hydrogen-bond acceptors (Lipinski definition) is 1. The largest absolute Gasteiger partial charge is 0.503 e. The summed E-state index contributed by atoms with van der Waals surface area (Å²) in [5.74, 6) is 2.09. The molecule has 0 aliphatic heterocycles. The molecule has 0 spiro atoms. The van der Waals surface area contributed by atoms with Crippen molar-refractivity contribution in [1.82, 2.24) is 0 Å². The monoisotopic (exact) mass is 115 g/mol. The first-order valence-electron chi connectivity index (χ1n) is 2.52. The Morgan fingerprint density at radius 1 is 1.29 bits per heavy atom. The van der Waals surface area contributed by atoms with Gasteiger partial charge in [-0.05, 0) is 20.8 Å². The van der Waals surface area contributed by atoms with Crippen LogP contribution in [0.4, 0.5) is 0 Å². The fourth-order valence-electron chi connectivity index (χ4n) is 0.354. The molecule has 7 heavy (non-hydrogen) atoms. The van der Waals surface area contributed by atoms with Gasteiger partial charge in [0.2, 0.25) is 0 Å². The van der Waals surface area contributed by atoms with Gasteiger partial charge in [-0.3, -0.25) is 0 Å². The molecular weight excluding hydrogens is 103 g/mol. The van der Waals surface area contributed by atoms with Gasteiger partial charge in [-0.15, -0.1) is 0 Å². The van der Waals surface area contributed by atoms with Gasteiger partial charge in [-0.25, -0.2) is 0 Å². The van der Waals surface area contributed by atoms with Gasteiger partial charge in [0.1, 0.15) is 0 Å². The standard InChI is InChI=1S/C4H9O.CH3.Al/c1-4(2,3)5;;/h1-3H3;1H3;/q-1;;+1. The summed E-state index contributed by atoms with van der Waals surface area (Å²) >= 11 is 0.209. The Morgan fingerprint density at radius 3 is 1.71 bits per heavy atom. The van der Waals surface area contributed by atoms with E-state index in [1.54, 1.807) is 0 Å². The highest BCUT2D eigenvalue weighted by molar-refractivity contribution is 6.24. The molecule has 0 N–H and O–H groups in total. The summed E-state index contributed by atoms with van der Waals surface area (Å²) < 4.78 is 5.31. The van der Waals surface area contributed by atoms with E-state index in [2.05, 4.69) is 26.6 Å². The Kier molecular flexibility index (Phi) is 2.91. The molecule has 0 aliphatic rings. The quantitative estimate of drug-likeness (QED) is 0.470. The highest BCUT2D eigenvalue weighted by atomic mass is 27.1. The van der Waals surface area contributed by atoms with E-state index in [-0.39, 0.29) is 21.2 Å². The van der Waals surface area contributed by atoms with E-state index in [0.29, 0.717) is 0 Å². The molecule has 0 aliphatic carbocycles. The zero-order valence-electron chi connectivity index (χ0n) is 5.49. The van der Waals surface area contributed by atoms with Crippen molar-refractivity contribution in [2.24, 2.45) is 0 Å². The summed E-state index contributed by atoms with van der Waals surface area (Å²) in [6.07, 6.45) is 0. The van der Waals surface area contributed by atoms with Crippen LogP contribution in [0, 0.1) is 0 Å². The van der Waals surface area contributed by atoms with Gasteiger partial charge in [0.25, 0.3) is 0 Å². The minimum Gasteiger partial charge on any atom is -0.503 e. The van der Waals surface area contributed by atoms with Crippen LogP contribution < -0.4 is 0 Å². The van der Waals surface area contributed by atoms with Gasteiger partial charge in [0.15, 0.2) is 0 Å². The molecule has 41 valence electrons. The normalized spacial score (nSPS) is 11.4. The summed E-state index contributed by atoms with van der Waals surface area (Å²) in [5.41, 5.74) is 0.0874. The molecule has 0 aromatic rings. The zero-order valence-corrected chi connectivity index (χ0v) is 6.64. The van der Waals surface area contributed by atoms with E-state index in [4.69, 9.17) is 3.79 Å². The van der Waals surface area contributed by atoms with Gasteiger partial charge < -0.3 is 3.79 Å². The lowest BCUT2D eigenvalue weighted by Gasteiger charge is -2.19. The maximum atomic E-state index is 5.31. The zero-order chi connectivity index (χ0) is 5.91. The lowest BCUT2D eigenvalue weighted by atomic mass is 10.2. The third kappa shape index (κ3) is 6.49. The molecular formula is C5H12AlO. The fraction of sp³-hybridized carbons (Fsp3) is 1.00. The van der Waals surface area contributed by atoms with Crippen LogP contribution in [0.25, 0.3) is 0 Å². The first kappa shape index (κ1) is 7.49. The smallest absolute Gasteiger partial charge is 0.420 e. The predicted molar refractivity (Wildman–Crippen MR) is 32.5 cm³/mol. The molecule has 0 amide bonds. The molecule has 0 unspecified atom stereocenters. The minimum atomic E-state index is 0.0874. The first-order valence-corrected chi connectivity index (χ1v) is 4.14. The lowest BCUT2D eigenvalue weighted by Crippen LogP contribution is -2.19. The maximum Gasteiger partial charge on any atom is 0.420 e. The summed E-state index contributed by atoms with van der Waals surface area (Å²) in [4.78, 5) is 0. The lowest BCUT2D eigenvalue weighted by molar-refractivity contribution is 0.140. The van der Waals surface area contributed by atoms with Gasteiger partial charge in [0, 0.05) is 5.60 Å². The molecule has 0 saturated heterocycles. The SMILES string of the molecule is [CH3][Al][O]C(C)(C)C. The molecule has 0 aromatic heterocycles. The van der Waals surface area contributed by atoms with E-state index in [0.717, 1.165) is 0 Å². The highest BCUT2D eigenvalue weighted by Crippen LogP contribution is 2.03. The summed E-state index contributed by atoms with van der Waals surface area (Å²) in [7, 11) is 0. The van der Waals surface area contributed by atoms with Crippen molar-refractivity contribution in [3.05, 3.63) is 0 Å².